The zero-order valence-electron chi connectivity index (χ0n) is 9.93. The van der Waals surface area contributed by atoms with Gasteiger partial charge in [-0.1, -0.05) is 4.49 Å². The van der Waals surface area contributed by atoms with E-state index in [1.165, 1.54) is 23.7 Å². The lowest BCUT2D eigenvalue weighted by molar-refractivity contribution is 0.242. The highest BCUT2D eigenvalue weighted by atomic mass is 32.2. The van der Waals surface area contributed by atoms with Gasteiger partial charge in [-0.3, -0.25) is 4.90 Å². The van der Waals surface area contributed by atoms with Crippen molar-refractivity contribution < 1.29 is 0 Å². The van der Waals surface area contributed by atoms with E-state index < -0.39 is 0 Å². The maximum absolute atomic E-state index is 5.39. The number of aromatic nitrogens is 2. The minimum Gasteiger partial charge on any atom is -0.313 e. The summed E-state index contributed by atoms with van der Waals surface area (Å²) in [6.07, 6.45) is 3.31. The smallest absolute Gasteiger partial charge is 0.148 e. The molecule has 0 fully saturated rings. The number of nitrogens with two attached hydrogens (primary N) is 1. The summed E-state index contributed by atoms with van der Waals surface area (Å²) >= 11 is 3.17. The Morgan fingerprint density at radius 1 is 1.62 bits per heavy atom. The minimum atomic E-state index is 0.541. The van der Waals surface area contributed by atoms with Gasteiger partial charge in [0, 0.05) is 24.1 Å². The largest absolute Gasteiger partial charge is 0.313 e. The number of nitrogens with zero attached hydrogens (tertiary/aromatic N) is 3. The van der Waals surface area contributed by atoms with Crippen molar-refractivity contribution in [1.82, 2.24) is 14.5 Å². The Kier molecular flexibility index (Phi) is 6.04. The first-order valence-electron chi connectivity index (χ1n) is 5.16. The van der Waals surface area contributed by atoms with E-state index in [9.17, 15) is 0 Å². The first-order valence-corrected chi connectivity index (χ1v) is 7.32. The van der Waals surface area contributed by atoms with Gasteiger partial charge in [0.15, 0.2) is 0 Å². The third-order valence-electron chi connectivity index (χ3n) is 2.58. The fourth-order valence-corrected chi connectivity index (χ4v) is 2.38. The number of nitrogens with one attached hydrogen (secondary N) is 1. The molecule has 1 aromatic heterocycles. The molecular formula is C9H19N5S2. The number of thioether (sulfide) groups is 1. The molecular weight excluding hydrogens is 242 g/mol. The zero-order chi connectivity index (χ0) is 12.0. The molecule has 0 aromatic carbocycles. The van der Waals surface area contributed by atoms with E-state index in [1.807, 2.05) is 11.8 Å². The molecule has 1 rings (SSSR count). The summed E-state index contributed by atoms with van der Waals surface area (Å²) in [5.74, 6) is 6.57. The van der Waals surface area contributed by atoms with Crippen molar-refractivity contribution in [3.63, 3.8) is 0 Å². The van der Waals surface area contributed by atoms with Gasteiger partial charge in [-0.25, -0.2) is 5.84 Å². The van der Waals surface area contributed by atoms with Crippen LogP contribution in [0.25, 0.3) is 0 Å². The van der Waals surface area contributed by atoms with E-state index in [4.69, 9.17) is 5.84 Å². The van der Waals surface area contributed by atoms with Gasteiger partial charge >= 0.3 is 0 Å². The average Bonchev–Trinajstić information content (AvgIpc) is 2.72. The van der Waals surface area contributed by atoms with Crippen LogP contribution in [0.15, 0.2) is 0 Å². The second-order valence-corrected chi connectivity index (χ2v) is 5.48. The molecule has 7 heteroatoms. The van der Waals surface area contributed by atoms with Crippen LogP contribution in [0.1, 0.15) is 19.0 Å². The molecule has 0 aliphatic rings. The van der Waals surface area contributed by atoms with Crippen LogP contribution >= 0.6 is 23.3 Å². The molecule has 92 valence electrons. The number of hydrazine groups is 1. The fourth-order valence-electron chi connectivity index (χ4n) is 1.32. The van der Waals surface area contributed by atoms with Crippen molar-refractivity contribution >= 4 is 28.3 Å². The van der Waals surface area contributed by atoms with Gasteiger partial charge in [0.05, 0.1) is 0 Å². The molecule has 16 heavy (non-hydrogen) atoms. The lowest BCUT2D eigenvalue weighted by Crippen LogP contribution is -2.29. The number of nitrogen functional groups attached to an aromatic ring is 1. The first kappa shape index (κ1) is 13.7. The highest BCUT2D eigenvalue weighted by molar-refractivity contribution is 7.98. The third-order valence-corrected chi connectivity index (χ3v) is 3.92. The summed E-state index contributed by atoms with van der Waals surface area (Å²) in [6.45, 7) is 3.01. The summed E-state index contributed by atoms with van der Waals surface area (Å²) in [4.78, 5) is 2.27. The summed E-state index contributed by atoms with van der Waals surface area (Å²) in [5, 5.41) is 4.92. The van der Waals surface area contributed by atoms with E-state index in [1.54, 1.807) is 0 Å². The van der Waals surface area contributed by atoms with Crippen LogP contribution in [-0.4, -0.2) is 39.6 Å². The molecule has 0 amide bonds. The lowest BCUT2D eigenvalue weighted by atomic mass is 10.2. The van der Waals surface area contributed by atoms with Crippen LogP contribution < -0.4 is 11.3 Å². The van der Waals surface area contributed by atoms with E-state index >= 15 is 0 Å². The van der Waals surface area contributed by atoms with Gasteiger partial charge < -0.3 is 5.43 Å². The third kappa shape index (κ3) is 3.89. The number of hydrogen-bond acceptors (Lipinski definition) is 7. The fraction of sp³-hybridized carbons (Fsp3) is 0.778. The van der Waals surface area contributed by atoms with E-state index in [0.717, 1.165) is 17.2 Å². The Balaban J connectivity index is 2.47. The number of anilines is 1. The molecule has 5 nitrogen and oxygen atoms in total. The van der Waals surface area contributed by atoms with E-state index in [0.29, 0.717) is 6.04 Å². The van der Waals surface area contributed by atoms with Crippen molar-refractivity contribution in [3.05, 3.63) is 5.69 Å². The zero-order valence-corrected chi connectivity index (χ0v) is 11.6. The van der Waals surface area contributed by atoms with Crippen molar-refractivity contribution in [3.8, 4) is 0 Å². The van der Waals surface area contributed by atoms with Crippen molar-refractivity contribution in [2.24, 2.45) is 5.84 Å². The van der Waals surface area contributed by atoms with Crippen LogP contribution in [0.5, 0.6) is 0 Å². The van der Waals surface area contributed by atoms with Gasteiger partial charge in [-0.2, -0.15) is 11.8 Å². The SMILES string of the molecule is CSCCC(C)N(C)Cc1nnsc1NN. The van der Waals surface area contributed by atoms with Gasteiger partial charge in [-0.05, 0) is 32.4 Å². The lowest BCUT2D eigenvalue weighted by Gasteiger charge is -2.23. The van der Waals surface area contributed by atoms with Crippen LogP contribution in [0.2, 0.25) is 0 Å². The molecule has 1 aromatic rings. The average molecular weight is 261 g/mol. The second kappa shape index (κ2) is 7.05. The van der Waals surface area contributed by atoms with E-state index in [2.05, 4.69) is 40.1 Å². The van der Waals surface area contributed by atoms with Crippen molar-refractivity contribution in [2.75, 3.05) is 24.5 Å². The first-order chi connectivity index (χ1) is 7.69. The summed E-state index contributed by atoms with van der Waals surface area (Å²) in [6, 6.07) is 0.541. The Morgan fingerprint density at radius 3 is 3.00 bits per heavy atom. The molecule has 0 saturated carbocycles. The topological polar surface area (TPSA) is 67.1 Å². The molecule has 0 radical (unpaired) electrons. The summed E-state index contributed by atoms with van der Waals surface area (Å²) in [7, 11) is 2.10. The highest BCUT2D eigenvalue weighted by Gasteiger charge is 2.13. The predicted molar refractivity (Wildman–Crippen MR) is 71.6 cm³/mol. The maximum atomic E-state index is 5.39. The molecule has 0 saturated heterocycles. The van der Waals surface area contributed by atoms with Gasteiger partial charge in [0.1, 0.15) is 10.7 Å². The normalized spacial score (nSPS) is 13.1. The Bertz CT molecular complexity index is 304. The number of rotatable bonds is 7. The highest BCUT2D eigenvalue weighted by Crippen LogP contribution is 2.18. The molecule has 0 spiro atoms. The Labute approximate surface area is 105 Å². The van der Waals surface area contributed by atoms with Crippen LogP contribution in [0, 0.1) is 0 Å². The molecule has 0 bridgehead atoms. The van der Waals surface area contributed by atoms with Crippen LogP contribution in [-0.2, 0) is 6.54 Å². The van der Waals surface area contributed by atoms with Crippen molar-refractivity contribution in [1.29, 1.82) is 0 Å². The van der Waals surface area contributed by atoms with Gasteiger partial charge in [0.2, 0.25) is 0 Å². The molecule has 0 aliphatic carbocycles. The molecule has 1 heterocycles. The maximum Gasteiger partial charge on any atom is 0.148 e. The standard InChI is InChI=1S/C9H19N5S2/c1-7(4-5-15-3)14(2)6-8-9(11-10)16-13-12-8/h7,11H,4-6,10H2,1-3H3. The Hall–Kier alpha value is -0.370. The Morgan fingerprint density at radius 2 is 2.38 bits per heavy atom. The van der Waals surface area contributed by atoms with Crippen molar-refractivity contribution in [2.45, 2.75) is 25.9 Å². The molecule has 1 unspecified atom stereocenters. The molecule has 1 atom stereocenters. The quantitative estimate of drug-likeness (QED) is 0.571. The predicted octanol–water partition coefficient (Wildman–Crippen LogP) is 1.40. The minimum absolute atomic E-state index is 0.541. The summed E-state index contributed by atoms with van der Waals surface area (Å²) in [5.41, 5.74) is 3.55. The number of hydrogen-bond donors (Lipinski definition) is 2. The second-order valence-electron chi connectivity index (χ2n) is 3.74. The summed E-state index contributed by atoms with van der Waals surface area (Å²) < 4.78 is 3.89. The van der Waals surface area contributed by atoms with Crippen LogP contribution in [0.3, 0.4) is 0 Å². The monoisotopic (exact) mass is 261 g/mol. The van der Waals surface area contributed by atoms with Gasteiger partial charge in [-0.15, -0.1) is 5.10 Å². The molecule has 0 aliphatic heterocycles. The molecule has 3 N–H and O–H groups in total. The van der Waals surface area contributed by atoms with Gasteiger partial charge in [0.25, 0.3) is 0 Å². The van der Waals surface area contributed by atoms with Crippen LogP contribution in [0.4, 0.5) is 5.00 Å². The van der Waals surface area contributed by atoms with E-state index in [-0.39, 0.29) is 0 Å².